The number of rotatable bonds is 2. The average molecular weight is 266 g/mol. The molecule has 0 fully saturated rings. The van der Waals surface area contributed by atoms with Crippen molar-refractivity contribution in [2.24, 2.45) is 0 Å². The molecule has 0 bridgehead atoms. The maximum Gasteiger partial charge on any atom is 0.268 e. The number of aromatic nitrogens is 1. The molecule has 3 nitrogen and oxygen atoms in total. The second-order valence-electron chi connectivity index (χ2n) is 4.22. The third kappa shape index (κ3) is 2.05. The van der Waals surface area contributed by atoms with Crippen LogP contribution in [0, 0.1) is 11.3 Å². The minimum Gasteiger partial charge on any atom is -0.310 e. The lowest BCUT2D eigenvalue weighted by molar-refractivity contribution is 0.763. The van der Waals surface area contributed by atoms with Crippen molar-refractivity contribution in [2.45, 2.75) is 6.54 Å². The Bertz CT molecular complexity index is 839. The molecule has 0 amide bonds. The summed E-state index contributed by atoms with van der Waals surface area (Å²) in [6, 6.07) is 13.3. The predicted octanol–water partition coefficient (Wildman–Crippen LogP) is 2.98. The predicted molar refractivity (Wildman–Crippen MR) is 76.3 cm³/mol. The van der Waals surface area contributed by atoms with Gasteiger partial charge in [-0.05, 0) is 34.5 Å². The number of nitrogens with zero attached hydrogens (tertiary/aromatic N) is 2. The summed E-state index contributed by atoms with van der Waals surface area (Å²) < 4.78 is 2.79. The first-order valence-corrected chi connectivity index (χ1v) is 6.72. The van der Waals surface area contributed by atoms with Gasteiger partial charge in [-0.1, -0.05) is 18.2 Å². The van der Waals surface area contributed by atoms with E-state index in [0.717, 1.165) is 5.56 Å². The largest absolute Gasteiger partial charge is 0.310 e. The van der Waals surface area contributed by atoms with Crippen LogP contribution in [-0.4, -0.2) is 4.57 Å². The minimum absolute atomic E-state index is 0.182. The van der Waals surface area contributed by atoms with Gasteiger partial charge in [0.2, 0.25) is 0 Å². The fourth-order valence-corrected chi connectivity index (χ4v) is 3.04. The van der Waals surface area contributed by atoms with E-state index in [1.165, 1.54) is 10.1 Å². The second kappa shape index (κ2) is 4.71. The Kier molecular flexibility index (Phi) is 2.90. The summed E-state index contributed by atoms with van der Waals surface area (Å²) in [5, 5.41) is 12.1. The van der Waals surface area contributed by atoms with E-state index in [1.807, 2.05) is 18.2 Å². The van der Waals surface area contributed by atoms with E-state index >= 15 is 0 Å². The van der Waals surface area contributed by atoms with Gasteiger partial charge >= 0.3 is 0 Å². The highest BCUT2D eigenvalue weighted by Crippen LogP contribution is 2.25. The number of hydrogen-bond acceptors (Lipinski definition) is 3. The van der Waals surface area contributed by atoms with Gasteiger partial charge in [0.1, 0.15) is 11.6 Å². The Morgan fingerprint density at radius 3 is 2.89 bits per heavy atom. The highest BCUT2D eigenvalue weighted by molar-refractivity contribution is 7.17. The fraction of sp³-hybridized carbons (Fsp3) is 0.0667. The first kappa shape index (κ1) is 11.7. The minimum atomic E-state index is -0.236. The molecule has 4 heteroatoms. The van der Waals surface area contributed by atoms with E-state index in [2.05, 4.69) is 17.5 Å². The molecule has 0 saturated carbocycles. The molecule has 19 heavy (non-hydrogen) atoms. The zero-order chi connectivity index (χ0) is 13.2. The molecule has 0 atom stereocenters. The van der Waals surface area contributed by atoms with Crippen LogP contribution in [0.5, 0.6) is 0 Å². The number of nitriles is 1. The smallest absolute Gasteiger partial charge is 0.268 e. The molecule has 3 rings (SSSR count). The Balaban J connectivity index is 2.07. The van der Waals surface area contributed by atoms with Crippen molar-refractivity contribution in [3.8, 4) is 6.07 Å². The molecule has 0 radical (unpaired) electrons. The summed E-state index contributed by atoms with van der Waals surface area (Å²) in [6.07, 6.45) is 1.72. The van der Waals surface area contributed by atoms with Gasteiger partial charge in [0.15, 0.2) is 0 Å². The van der Waals surface area contributed by atoms with Gasteiger partial charge in [0.05, 0.1) is 6.54 Å². The molecule has 0 unspecified atom stereocenters. The van der Waals surface area contributed by atoms with Crippen molar-refractivity contribution in [1.29, 1.82) is 5.26 Å². The maximum atomic E-state index is 12.0. The van der Waals surface area contributed by atoms with E-state index in [-0.39, 0.29) is 11.1 Å². The molecule has 0 aliphatic carbocycles. The number of thiophene rings is 1. The summed E-state index contributed by atoms with van der Waals surface area (Å²) in [7, 11) is 0. The third-order valence-electron chi connectivity index (χ3n) is 3.04. The van der Waals surface area contributed by atoms with Gasteiger partial charge < -0.3 is 4.57 Å². The molecule has 2 heterocycles. The van der Waals surface area contributed by atoms with Gasteiger partial charge in [0, 0.05) is 10.9 Å². The Morgan fingerprint density at radius 1 is 1.21 bits per heavy atom. The summed E-state index contributed by atoms with van der Waals surface area (Å²) in [5.74, 6) is 0. The lowest BCUT2D eigenvalue weighted by Gasteiger charge is -2.04. The van der Waals surface area contributed by atoms with Crippen LogP contribution in [0.1, 0.15) is 11.1 Å². The Hall–Kier alpha value is -2.38. The Morgan fingerprint density at radius 2 is 2.05 bits per heavy atom. The van der Waals surface area contributed by atoms with Crippen molar-refractivity contribution in [2.75, 3.05) is 0 Å². The fourth-order valence-electron chi connectivity index (χ4n) is 2.09. The Labute approximate surface area is 114 Å². The maximum absolute atomic E-state index is 12.0. The number of fused-ring (bicyclic) bond motifs is 1. The van der Waals surface area contributed by atoms with Crippen LogP contribution in [0.2, 0.25) is 0 Å². The molecule has 0 N–H and O–H groups in total. The molecule has 0 spiro atoms. The highest BCUT2D eigenvalue weighted by atomic mass is 32.1. The van der Waals surface area contributed by atoms with Gasteiger partial charge in [-0.2, -0.15) is 5.26 Å². The van der Waals surface area contributed by atoms with Gasteiger partial charge in [-0.15, -0.1) is 11.3 Å². The molecule has 3 aromatic rings. The molecule has 2 aromatic heterocycles. The zero-order valence-corrected chi connectivity index (χ0v) is 10.9. The summed E-state index contributed by atoms with van der Waals surface area (Å²) in [6.45, 7) is 0.498. The van der Waals surface area contributed by atoms with Crippen LogP contribution in [0.4, 0.5) is 0 Å². The summed E-state index contributed by atoms with van der Waals surface area (Å²) in [4.78, 5) is 12.0. The molecule has 0 aliphatic heterocycles. The van der Waals surface area contributed by atoms with Crippen molar-refractivity contribution < 1.29 is 0 Å². The highest BCUT2D eigenvalue weighted by Gasteiger charge is 2.06. The van der Waals surface area contributed by atoms with Gasteiger partial charge in [-0.25, -0.2) is 0 Å². The molecule has 0 aliphatic rings. The molecule has 92 valence electrons. The second-order valence-corrected chi connectivity index (χ2v) is 5.14. The monoisotopic (exact) mass is 266 g/mol. The van der Waals surface area contributed by atoms with Gasteiger partial charge in [0.25, 0.3) is 5.56 Å². The molecular formula is C15H10N2OS. The number of hydrogen-bond donors (Lipinski definition) is 0. The van der Waals surface area contributed by atoms with Crippen LogP contribution >= 0.6 is 11.3 Å². The van der Waals surface area contributed by atoms with E-state index in [1.54, 1.807) is 34.2 Å². The number of benzene rings is 1. The van der Waals surface area contributed by atoms with Crippen molar-refractivity contribution in [1.82, 2.24) is 4.57 Å². The van der Waals surface area contributed by atoms with Crippen molar-refractivity contribution in [3.63, 3.8) is 0 Å². The average Bonchev–Trinajstić information content (AvgIpc) is 2.85. The van der Waals surface area contributed by atoms with E-state index in [0.29, 0.717) is 6.54 Å². The zero-order valence-electron chi connectivity index (χ0n) is 10.0. The van der Waals surface area contributed by atoms with Crippen LogP contribution < -0.4 is 5.56 Å². The van der Waals surface area contributed by atoms with Crippen molar-refractivity contribution in [3.05, 3.63) is 69.5 Å². The quantitative estimate of drug-likeness (QED) is 0.715. The first-order valence-electron chi connectivity index (χ1n) is 5.84. The lowest BCUT2D eigenvalue weighted by Crippen LogP contribution is -2.21. The molecule has 0 saturated heterocycles. The first-order chi connectivity index (χ1) is 9.29. The van der Waals surface area contributed by atoms with Gasteiger partial charge in [-0.3, -0.25) is 4.79 Å². The van der Waals surface area contributed by atoms with Crippen LogP contribution in [0.15, 0.2) is 52.8 Å². The van der Waals surface area contributed by atoms with E-state index in [9.17, 15) is 4.79 Å². The standard InChI is InChI=1S/C15H10N2OS/c16-8-11-4-3-7-17(15(11)18)9-12-10-19-14-6-2-1-5-13(12)14/h1-7,10H,9H2. The summed E-state index contributed by atoms with van der Waals surface area (Å²) >= 11 is 1.67. The topological polar surface area (TPSA) is 45.8 Å². The van der Waals surface area contributed by atoms with Crippen molar-refractivity contribution >= 4 is 21.4 Å². The summed E-state index contributed by atoms with van der Waals surface area (Å²) in [5.41, 5.74) is 1.06. The SMILES string of the molecule is N#Cc1cccn(Cc2csc3ccccc23)c1=O. The molecule has 1 aromatic carbocycles. The lowest BCUT2D eigenvalue weighted by atomic mass is 10.2. The van der Waals surface area contributed by atoms with Crippen LogP contribution in [0.3, 0.4) is 0 Å². The van der Waals surface area contributed by atoms with E-state index in [4.69, 9.17) is 5.26 Å². The van der Waals surface area contributed by atoms with E-state index < -0.39 is 0 Å². The normalized spacial score (nSPS) is 10.5. The van der Waals surface area contributed by atoms with Crippen LogP contribution in [-0.2, 0) is 6.54 Å². The van der Waals surface area contributed by atoms with Crippen LogP contribution in [0.25, 0.3) is 10.1 Å². The molecular weight excluding hydrogens is 256 g/mol. The number of pyridine rings is 1. The third-order valence-corrected chi connectivity index (χ3v) is 4.05.